The van der Waals surface area contributed by atoms with E-state index in [-0.39, 0.29) is 5.97 Å². The van der Waals surface area contributed by atoms with Crippen LogP contribution in [-0.2, 0) is 12.3 Å². The van der Waals surface area contributed by atoms with E-state index in [1.807, 2.05) is 19.0 Å². The van der Waals surface area contributed by atoms with Crippen LogP contribution in [0, 0.1) is 0 Å². The third-order valence-corrected chi connectivity index (χ3v) is 2.34. The predicted molar refractivity (Wildman–Crippen MR) is 42.0 cm³/mol. The van der Waals surface area contributed by atoms with Gasteiger partial charge in [0, 0.05) is 0 Å². The second kappa shape index (κ2) is 6.63. The van der Waals surface area contributed by atoms with Gasteiger partial charge in [0.15, 0.2) is 0 Å². The molecule has 0 aromatic rings. The fourth-order valence-electron chi connectivity index (χ4n) is 0.358. The Morgan fingerprint density at radius 2 is 2.18 bits per heavy atom. The van der Waals surface area contributed by atoms with Gasteiger partial charge in [-0.25, -0.2) is 0 Å². The van der Waals surface area contributed by atoms with E-state index in [0.29, 0.717) is 6.61 Å². The monoisotopic (exact) mass is 221 g/mol. The quantitative estimate of drug-likeness (QED) is 0.469. The molecule has 0 rings (SSSR count). The van der Waals surface area contributed by atoms with Crippen molar-refractivity contribution in [3.05, 3.63) is 0 Å². The van der Waals surface area contributed by atoms with Crippen LogP contribution in [0.4, 0.5) is 0 Å². The Bertz CT molecular complexity index is 118. The summed E-state index contributed by atoms with van der Waals surface area (Å²) >= 11 is -0.944. The van der Waals surface area contributed by atoms with Crippen molar-refractivity contribution < 1.29 is 12.3 Å². The number of rotatable bonds is 5. The summed E-state index contributed by atoms with van der Waals surface area (Å²) in [6.45, 7) is 2.89. The van der Waals surface area contributed by atoms with Crippen LogP contribution >= 0.6 is 0 Å². The van der Waals surface area contributed by atoms with Crippen molar-refractivity contribution in [3.8, 4) is 0 Å². The number of nitrogens with zero attached hydrogens (tertiary/aromatic N) is 1. The van der Waals surface area contributed by atoms with Crippen LogP contribution in [0.1, 0.15) is 6.92 Å². The standard InChI is InChI=1S/C6H13GeNO3/c1-6(9)11-7-10-5-4-8(2)3/h4-5H2,1-3H3. The zero-order valence-electron chi connectivity index (χ0n) is 7.09. The molecule has 0 atom stereocenters. The number of hydrogen-bond donors (Lipinski definition) is 0. The van der Waals surface area contributed by atoms with Crippen molar-refractivity contribution in [1.82, 2.24) is 4.90 Å². The molecule has 2 radical (unpaired) electrons. The van der Waals surface area contributed by atoms with Crippen LogP contribution in [0.25, 0.3) is 0 Å². The number of carbonyl (C=O) groups is 1. The Balaban J connectivity index is 2.97. The molecule has 0 aromatic heterocycles. The Hall–Kier alpha value is -0.0671. The average Bonchev–Trinajstić information content (AvgIpc) is 1.85. The van der Waals surface area contributed by atoms with E-state index >= 15 is 0 Å². The predicted octanol–water partition coefficient (Wildman–Crippen LogP) is -0.338. The van der Waals surface area contributed by atoms with Gasteiger partial charge in [-0.05, 0) is 0 Å². The van der Waals surface area contributed by atoms with Crippen molar-refractivity contribution in [1.29, 1.82) is 0 Å². The zero-order chi connectivity index (χ0) is 8.69. The van der Waals surface area contributed by atoms with Gasteiger partial charge in [0.1, 0.15) is 0 Å². The molecular formula is C6H13GeNO3. The Labute approximate surface area is 74.0 Å². The van der Waals surface area contributed by atoms with Crippen molar-refractivity contribution in [2.24, 2.45) is 0 Å². The first-order valence-electron chi connectivity index (χ1n) is 3.32. The van der Waals surface area contributed by atoms with Crippen LogP contribution in [0.15, 0.2) is 0 Å². The van der Waals surface area contributed by atoms with Gasteiger partial charge in [-0.15, -0.1) is 0 Å². The molecule has 64 valence electrons. The molecule has 0 aliphatic heterocycles. The van der Waals surface area contributed by atoms with E-state index in [1.165, 1.54) is 6.92 Å². The topological polar surface area (TPSA) is 38.8 Å². The molecule has 0 unspecified atom stereocenters. The zero-order valence-corrected chi connectivity index (χ0v) is 9.18. The van der Waals surface area contributed by atoms with Gasteiger partial charge in [-0.3, -0.25) is 0 Å². The first kappa shape index (κ1) is 10.9. The molecule has 4 nitrogen and oxygen atoms in total. The van der Waals surface area contributed by atoms with E-state index in [4.69, 9.17) is 3.76 Å². The van der Waals surface area contributed by atoms with Crippen molar-refractivity contribution in [2.45, 2.75) is 6.92 Å². The fourth-order valence-corrected chi connectivity index (χ4v) is 1.09. The Kier molecular flexibility index (Phi) is 6.59. The normalized spacial score (nSPS) is 10.2. The molecule has 11 heavy (non-hydrogen) atoms. The van der Waals surface area contributed by atoms with Crippen LogP contribution in [0.2, 0.25) is 0 Å². The molecule has 0 N–H and O–H groups in total. The summed E-state index contributed by atoms with van der Waals surface area (Å²) < 4.78 is 9.76. The summed E-state index contributed by atoms with van der Waals surface area (Å²) in [7, 11) is 3.93. The van der Waals surface area contributed by atoms with Crippen molar-refractivity contribution >= 4 is 22.1 Å². The summed E-state index contributed by atoms with van der Waals surface area (Å²) in [5.41, 5.74) is 0. The maximum atomic E-state index is 10.3. The van der Waals surface area contributed by atoms with Gasteiger partial charge < -0.3 is 0 Å². The Morgan fingerprint density at radius 1 is 1.55 bits per heavy atom. The third kappa shape index (κ3) is 9.93. The van der Waals surface area contributed by atoms with E-state index in [9.17, 15) is 4.79 Å². The van der Waals surface area contributed by atoms with Crippen molar-refractivity contribution in [3.63, 3.8) is 0 Å². The molecule has 0 aliphatic rings. The van der Waals surface area contributed by atoms with E-state index in [1.54, 1.807) is 0 Å². The molecule has 0 fully saturated rings. The molecule has 5 heteroatoms. The first-order chi connectivity index (χ1) is 5.13. The molecule has 0 amide bonds. The molecule has 0 heterocycles. The summed E-state index contributed by atoms with van der Waals surface area (Å²) in [6.07, 6.45) is 0. The van der Waals surface area contributed by atoms with E-state index in [2.05, 4.69) is 3.76 Å². The second-order valence-corrected chi connectivity index (χ2v) is 3.71. The van der Waals surface area contributed by atoms with Gasteiger partial charge in [0.25, 0.3) is 0 Å². The first-order valence-corrected chi connectivity index (χ1v) is 5.03. The summed E-state index contributed by atoms with van der Waals surface area (Å²) in [5, 5.41) is 0. The molecule has 0 spiro atoms. The van der Waals surface area contributed by atoms with Crippen LogP contribution < -0.4 is 0 Å². The number of hydrogen-bond acceptors (Lipinski definition) is 4. The van der Waals surface area contributed by atoms with Gasteiger partial charge >= 0.3 is 73.5 Å². The second-order valence-electron chi connectivity index (χ2n) is 2.33. The van der Waals surface area contributed by atoms with E-state index < -0.39 is 16.1 Å². The number of likely N-dealkylation sites (N-methyl/N-ethyl adjacent to an activating group) is 1. The van der Waals surface area contributed by atoms with Crippen LogP contribution in [0.3, 0.4) is 0 Å². The fraction of sp³-hybridized carbons (Fsp3) is 0.833. The number of carbonyl (C=O) groups excluding carboxylic acids is 1. The summed E-state index contributed by atoms with van der Waals surface area (Å²) in [5.74, 6) is -0.255. The summed E-state index contributed by atoms with van der Waals surface area (Å²) in [4.78, 5) is 12.3. The molecule has 0 saturated heterocycles. The molecule has 0 bridgehead atoms. The summed E-state index contributed by atoms with van der Waals surface area (Å²) in [6, 6.07) is 0. The van der Waals surface area contributed by atoms with Crippen molar-refractivity contribution in [2.75, 3.05) is 27.2 Å². The minimum atomic E-state index is -0.944. The van der Waals surface area contributed by atoms with E-state index in [0.717, 1.165) is 6.54 Å². The minimum absolute atomic E-state index is 0.255. The third-order valence-electron chi connectivity index (χ3n) is 0.885. The molecular weight excluding hydrogens is 207 g/mol. The molecule has 0 saturated carbocycles. The maximum absolute atomic E-state index is 10.3. The van der Waals surface area contributed by atoms with Crippen LogP contribution in [-0.4, -0.2) is 54.2 Å². The molecule has 0 aliphatic carbocycles. The van der Waals surface area contributed by atoms with Gasteiger partial charge in [-0.2, -0.15) is 0 Å². The average molecular weight is 220 g/mol. The van der Waals surface area contributed by atoms with Gasteiger partial charge in [0.05, 0.1) is 0 Å². The van der Waals surface area contributed by atoms with Crippen LogP contribution in [0.5, 0.6) is 0 Å². The SMILES string of the molecule is CC(=O)[O][Ge][O]CCN(C)C. The van der Waals surface area contributed by atoms with Gasteiger partial charge in [-0.1, -0.05) is 0 Å². The Morgan fingerprint density at radius 3 is 2.64 bits per heavy atom. The molecule has 0 aromatic carbocycles. The van der Waals surface area contributed by atoms with Gasteiger partial charge in [0.2, 0.25) is 0 Å².